The van der Waals surface area contributed by atoms with E-state index in [1.165, 1.54) is 24.3 Å². The van der Waals surface area contributed by atoms with E-state index in [2.05, 4.69) is 19.9 Å². The lowest BCUT2D eigenvalue weighted by molar-refractivity contribution is 0.507. The van der Waals surface area contributed by atoms with Crippen LogP contribution in [0.5, 0.6) is 0 Å². The van der Waals surface area contributed by atoms with Gasteiger partial charge in [0.2, 0.25) is 0 Å². The highest BCUT2D eigenvalue weighted by atomic mass is 19.1. The number of rotatable bonds is 3. The van der Waals surface area contributed by atoms with Crippen LogP contribution in [0.3, 0.4) is 0 Å². The van der Waals surface area contributed by atoms with E-state index in [1.54, 1.807) is 18.5 Å². The number of pyridine rings is 3. The lowest BCUT2D eigenvalue weighted by Crippen LogP contribution is -2.42. The van der Waals surface area contributed by atoms with Gasteiger partial charge in [-0.2, -0.15) is 0 Å². The number of aromatic nitrogens is 3. The van der Waals surface area contributed by atoms with E-state index in [4.69, 9.17) is 11.5 Å². The number of hydrogen-bond acceptors (Lipinski definition) is 6. The maximum Gasteiger partial charge on any atom is 0.135 e. The van der Waals surface area contributed by atoms with Gasteiger partial charge < -0.3 is 16.4 Å². The minimum atomic E-state index is -0.687. The van der Waals surface area contributed by atoms with E-state index in [0.717, 1.165) is 42.5 Å². The molecular weight excluding hydrogens is 410 g/mol. The SMILES string of the molecule is Nc1ccc(-c2c(F)cccc2F)nc1-c1cc2c(N3CCCC(N)C3)ccnc2cn1. The van der Waals surface area contributed by atoms with Crippen molar-refractivity contribution in [1.82, 2.24) is 15.0 Å². The molecule has 1 unspecified atom stereocenters. The molecule has 0 aliphatic carbocycles. The molecule has 6 nitrogen and oxygen atoms in total. The highest BCUT2D eigenvalue weighted by Crippen LogP contribution is 2.33. The molecule has 1 aliphatic heterocycles. The molecular formula is C24H22F2N6. The van der Waals surface area contributed by atoms with Crippen LogP contribution in [0.2, 0.25) is 0 Å². The molecule has 1 aliphatic rings. The van der Waals surface area contributed by atoms with Gasteiger partial charge in [-0.3, -0.25) is 9.97 Å². The summed E-state index contributed by atoms with van der Waals surface area (Å²) < 4.78 is 28.6. The van der Waals surface area contributed by atoms with E-state index in [-0.39, 0.29) is 17.3 Å². The summed E-state index contributed by atoms with van der Waals surface area (Å²) in [6.45, 7) is 1.67. The van der Waals surface area contributed by atoms with Crippen LogP contribution in [0.25, 0.3) is 33.5 Å². The lowest BCUT2D eigenvalue weighted by Gasteiger charge is -2.33. The van der Waals surface area contributed by atoms with Gasteiger partial charge in [-0.25, -0.2) is 13.8 Å². The Hall–Kier alpha value is -3.65. The molecule has 1 aromatic carbocycles. The molecule has 1 fully saturated rings. The van der Waals surface area contributed by atoms with E-state index in [0.29, 0.717) is 17.1 Å². The van der Waals surface area contributed by atoms with Crippen LogP contribution in [0, 0.1) is 11.6 Å². The fourth-order valence-electron chi connectivity index (χ4n) is 4.23. The van der Waals surface area contributed by atoms with Crippen molar-refractivity contribution in [2.24, 2.45) is 5.73 Å². The number of hydrogen-bond donors (Lipinski definition) is 2. The van der Waals surface area contributed by atoms with Gasteiger partial charge in [0.1, 0.15) is 17.3 Å². The number of benzene rings is 1. The van der Waals surface area contributed by atoms with Crippen molar-refractivity contribution < 1.29 is 8.78 Å². The summed E-state index contributed by atoms with van der Waals surface area (Å²) in [5, 5.41) is 0.898. The van der Waals surface area contributed by atoms with Crippen LogP contribution >= 0.6 is 0 Å². The van der Waals surface area contributed by atoms with Gasteiger partial charge in [-0.1, -0.05) is 6.07 Å². The molecule has 3 aromatic heterocycles. The van der Waals surface area contributed by atoms with Crippen molar-refractivity contribution in [3.05, 3.63) is 66.5 Å². The Kier molecular flexibility index (Phi) is 5.14. The summed E-state index contributed by atoms with van der Waals surface area (Å²) in [4.78, 5) is 15.6. The predicted molar refractivity (Wildman–Crippen MR) is 122 cm³/mol. The number of fused-ring (bicyclic) bond motifs is 1. The molecule has 4 heterocycles. The van der Waals surface area contributed by atoms with E-state index >= 15 is 0 Å². The van der Waals surface area contributed by atoms with Gasteiger partial charge in [0, 0.05) is 36.4 Å². The summed E-state index contributed by atoms with van der Waals surface area (Å²) in [6.07, 6.45) is 5.45. The first kappa shape index (κ1) is 20.3. The molecule has 0 amide bonds. The Labute approximate surface area is 183 Å². The number of halogens is 2. The van der Waals surface area contributed by atoms with Crippen LogP contribution in [0.4, 0.5) is 20.2 Å². The Morgan fingerprint density at radius 2 is 1.81 bits per heavy atom. The van der Waals surface area contributed by atoms with Gasteiger partial charge >= 0.3 is 0 Å². The van der Waals surface area contributed by atoms with Crippen molar-refractivity contribution in [2.75, 3.05) is 23.7 Å². The molecule has 1 saturated heterocycles. The largest absolute Gasteiger partial charge is 0.397 e. The minimum Gasteiger partial charge on any atom is -0.397 e. The number of nitrogens with two attached hydrogens (primary N) is 2. The van der Waals surface area contributed by atoms with Crippen LogP contribution in [-0.4, -0.2) is 34.1 Å². The zero-order valence-corrected chi connectivity index (χ0v) is 17.3. The van der Waals surface area contributed by atoms with Crippen LogP contribution < -0.4 is 16.4 Å². The highest BCUT2D eigenvalue weighted by Gasteiger charge is 2.20. The lowest BCUT2D eigenvalue weighted by atomic mass is 10.0. The second-order valence-electron chi connectivity index (χ2n) is 8.00. The maximum atomic E-state index is 14.3. The number of anilines is 2. The number of nitrogens with zero attached hydrogens (tertiary/aromatic N) is 4. The van der Waals surface area contributed by atoms with Crippen molar-refractivity contribution in [3.63, 3.8) is 0 Å². The Morgan fingerprint density at radius 1 is 1.00 bits per heavy atom. The van der Waals surface area contributed by atoms with Gasteiger partial charge in [-0.15, -0.1) is 0 Å². The van der Waals surface area contributed by atoms with E-state index in [9.17, 15) is 8.78 Å². The molecule has 4 N–H and O–H groups in total. The van der Waals surface area contributed by atoms with Crippen molar-refractivity contribution >= 4 is 22.3 Å². The zero-order chi connectivity index (χ0) is 22.2. The fourth-order valence-corrected chi connectivity index (χ4v) is 4.23. The van der Waals surface area contributed by atoms with E-state index in [1.807, 2.05) is 12.1 Å². The maximum absolute atomic E-state index is 14.3. The van der Waals surface area contributed by atoms with Gasteiger partial charge in [0.05, 0.1) is 34.4 Å². The number of piperidine rings is 1. The molecule has 162 valence electrons. The normalized spacial score (nSPS) is 16.5. The predicted octanol–water partition coefficient (Wildman–Crippen LogP) is 4.15. The van der Waals surface area contributed by atoms with Crippen molar-refractivity contribution in [3.8, 4) is 22.6 Å². The standard InChI is InChI=1S/C24H22F2N6/c25-16-4-1-5-17(26)23(16)19-7-6-18(28)24(31-19)20-11-15-21(12-30-20)29-9-8-22(15)32-10-2-3-14(27)13-32/h1,4-9,11-12,14H,2-3,10,13,27-28H2. The summed E-state index contributed by atoms with van der Waals surface area (Å²) >= 11 is 0. The average Bonchev–Trinajstić information content (AvgIpc) is 2.79. The summed E-state index contributed by atoms with van der Waals surface area (Å²) in [5.74, 6) is -1.37. The molecule has 0 spiro atoms. The first-order valence-corrected chi connectivity index (χ1v) is 10.5. The second-order valence-corrected chi connectivity index (χ2v) is 8.00. The molecule has 4 aromatic rings. The molecule has 32 heavy (non-hydrogen) atoms. The van der Waals surface area contributed by atoms with Crippen LogP contribution in [0.15, 0.2) is 54.9 Å². The third-order valence-corrected chi connectivity index (χ3v) is 5.79. The van der Waals surface area contributed by atoms with Crippen LogP contribution in [-0.2, 0) is 0 Å². The molecule has 1 atom stereocenters. The van der Waals surface area contributed by atoms with Gasteiger partial charge in [0.25, 0.3) is 0 Å². The summed E-state index contributed by atoms with van der Waals surface area (Å²) in [7, 11) is 0. The summed E-state index contributed by atoms with van der Waals surface area (Å²) in [5.41, 5.74) is 15.3. The molecule has 8 heteroatoms. The van der Waals surface area contributed by atoms with Crippen molar-refractivity contribution in [2.45, 2.75) is 18.9 Å². The van der Waals surface area contributed by atoms with Crippen LogP contribution in [0.1, 0.15) is 12.8 Å². The van der Waals surface area contributed by atoms with Gasteiger partial charge in [0.15, 0.2) is 0 Å². The third kappa shape index (κ3) is 3.62. The Morgan fingerprint density at radius 3 is 2.59 bits per heavy atom. The molecule has 0 bridgehead atoms. The summed E-state index contributed by atoms with van der Waals surface area (Å²) in [6, 6.07) is 10.8. The first-order chi connectivity index (χ1) is 15.5. The number of nitrogen functional groups attached to an aromatic ring is 1. The first-order valence-electron chi connectivity index (χ1n) is 10.5. The van der Waals surface area contributed by atoms with Crippen molar-refractivity contribution in [1.29, 1.82) is 0 Å². The molecule has 0 saturated carbocycles. The highest BCUT2D eigenvalue weighted by molar-refractivity contribution is 5.94. The Balaban J connectivity index is 1.63. The topological polar surface area (TPSA) is 94.0 Å². The second kappa shape index (κ2) is 8.12. The monoisotopic (exact) mass is 432 g/mol. The quantitative estimate of drug-likeness (QED) is 0.505. The Bertz CT molecular complexity index is 1290. The smallest absolute Gasteiger partial charge is 0.135 e. The zero-order valence-electron chi connectivity index (χ0n) is 17.3. The minimum absolute atomic E-state index is 0.123. The van der Waals surface area contributed by atoms with E-state index < -0.39 is 11.6 Å². The fraction of sp³-hybridized carbons (Fsp3) is 0.208. The molecule has 5 rings (SSSR count). The average molecular weight is 432 g/mol. The molecule has 0 radical (unpaired) electrons. The van der Waals surface area contributed by atoms with Gasteiger partial charge in [-0.05, 0) is 49.2 Å². The third-order valence-electron chi connectivity index (χ3n) is 5.79.